The van der Waals surface area contributed by atoms with Crippen molar-refractivity contribution in [1.29, 1.82) is 0 Å². The smallest absolute Gasteiger partial charge is 0.298 e. The van der Waals surface area contributed by atoms with Gasteiger partial charge in [0.15, 0.2) is 0 Å². The van der Waals surface area contributed by atoms with Gasteiger partial charge in [0.2, 0.25) is 0 Å². The molecule has 0 N–H and O–H groups in total. The number of amides is 2. The predicted molar refractivity (Wildman–Crippen MR) is 87.8 cm³/mol. The van der Waals surface area contributed by atoms with Gasteiger partial charge in [0.05, 0.1) is 17.7 Å². The molecule has 2 aromatic rings. The minimum absolute atomic E-state index is 0.285. The highest BCUT2D eigenvalue weighted by Gasteiger charge is 2.37. The van der Waals surface area contributed by atoms with Crippen LogP contribution in [0.1, 0.15) is 5.56 Å². The Kier molecular flexibility index (Phi) is 4.16. The molecule has 23 heavy (non-hydrogen) atoms. The van der Waals surface area contributed by atoms with Crippen molar-refractivity contribution in [2.75, 3.05) is 12.0 Å². The van der Waals surface area contributed by atoms with Crippen LogP contribution in [0, 0.1) is 5.82 Å². The van der Waals surface area contributed by atoms with Crippen LogP contribution in [0.5, 0.6) is 5.75 Å². The van der Waals surface area contributed by atoms with E-state index in [9.17, 15) is 14.0 Å². The molecule has 0 unspecified atom stereocenters. The van der Waals surface area contributed by atoms with Gasteiger partial charge in [-0.1, -0.05) is 24.3 Å². The molecule has 3 rings (SSSR count). The van der Waals surface area contributed by atoms with Crippen LogP contribution >= 0.6 is 11.8 Å². The highest BCUT2D eigenvalue weighted by Crippen LogP contribution is 2.39. The van der Waals surface area contributed by atoms with Gasteiger partial charge in [-0.25, -0.2) is 9.29 Å². The number of ether oxygens (including phenoxy) is 1. The molecule has 0 aromatic heterocycles. The van der Waals surface area contributed by atoms with Crippen LogP contribution in [0.4, 0.5) is 14.9 Å². The number of carbonyl (C=O) groups is 2. The fraction of sp³-hybridized carbons (Fsp3) is 0.0588. The quantitative estimate of drug-likeness (QED) is 0.796. The molecule has 4 nitrogen and oxygen atoms in total. The Morgan fingerprint density at radius 2 is 1.78 bits per heavy atom. The van der Waals surface area contributed by atoms with Crippen molar-refractivity contribution in [3.63, 3.8) is 0 Å². The molecule has 6 heteroatoms. The normalized spacial score (nSPS) is 16.3. The van der Waals surface area contributed by atoms with Crippen molar-refractivity contribution in [1.82, 2.24) is 0 Å². The first kappa shape index (κ1) is 15.3. The summed E-state index contributed by atoms with van der Waals surface area (Å²) in [5.74, 6) is -0.337. The predicted octanol–water partition coefficient (Wildman–Crippen LogP) is 4.08. The summed E-state index contributed by atoms with van der Waals surface area (Å²) in [5, 5.41) is -0.395. The molecular weight excluding hydrogens is 317 g/mol. The van der Waals surface area contributed by atoms with Gasteiger partial charge in [0, 0.05) is 0 Å². The standard InChI is InChI=1S/C17H12FNO3S/c1-22-14-5-3-2-4-13(14)19-16(20)15(23-17(19)21)10-11-6-8-12(18)9-7-11/h2-10H,1H3/b15-10-. The Labute approximate surface area is 136 Å². The number of rotatable bonds is 3. The van der Waals surface area contributed by atoms with Gasteiger partial charge in [0.25, 0.3) is 11.1 Å². The number of hydrogen-bond donors (Lipinski definition) is 0. The molecule has 0 saturated carbocycles. The molecule has 0 bridgehead atoms. The van der Waals surface area contributed by atoms with E-state index < -0.39 is 11.1 Å². The van der Waals surface area contributed by atoms with Gasteiger partial charge in [0.1, 0.15) is 11.6 Å². The second kappa shape index (κ2) is 6.26. The van der Waals surface area contributed by atoms with Crippen LogP contribution in [-0.4, -0.2) is 18.3 Å². The first-order chi connectivity index (χ1) is 11.1. The van der Waals surface area contributed by atoms with E-state index in [1.807, 2.05) is 0 Å². The summed E-state index contributed by atoms with van der Waals surface area (Å²) in [4.78, 5) is 26.1. The number of methoxy groups -OCH3 is 1. The summed E-state index contributed by atoms with van der Waals surface area (Å²) in [7, 11) is 1.48. The van der Waals surface area contributed by atoms with Gasteiger partial charge < -0.3 is 4.74 Å². The first-order valence-corrected chi connectivity index (χ1v) is 7.58. The minimum atomic E-state index is -0.422. The zero-order valence-corrected chi connectivity index (χ0v) is 13.0. The van der Waals surface area contributed by atoms with E-state index in [4.69, 9.17) is 4.74 Å². The Bertz CT molecular complexity index is 802. The SMILES string of the molecule is COc1ccccc1N1C(=O)S/C(=C\c2ccc(F)cc2)C1=O. The summed E-state index contributed by atoms with van der Waals surface area (Å²) >= 11 is 0.844. The monoisotopic (exact) mass is 329 g/mol. The molecule has 1 saturated heterocycles. The molecule has 116 valence electrons. The summed E-state index contributed by atoms with van der Waals surface area (Å²) in [6, 6.07) is 12.5. The molecule has 1 fully saturated rings. The largest absolute Gasteiger partial charge is 0.495 e. The van der Waals surface area contributed by atoms with Crippen LogP contribution in [0.3, 0.4) is 0 Å². The van der Waals surface area contributed by atoms with E-state index in [1.54, 1.807) is 42.5 Å². The third-order valence-corrected chi connectivity index (χ3v) is 4.16. The van der Waals surface area contributed by atoms with Crippen molar-refractivity contribution in [2.45, 2.75) is 0 Å². The highest BCUT2D eigenvalue weighted by atomic mass is 32.2. The number of thioether (sulfide) groups is 1. The molecule has 0 radical (unpaired) electrons. The average Bonchev–Trinajstić information content (AvgIpc) is 2.83. The van der Waals surface area contributed by atoms with Crippen LogP contribution in [0.15, 0.2) is 53.4 Å². The average molecular weight is 329 g/mol. The fourth-order valence-electron chi connectivity index (χ4n) is 2.20. The van der Waals surface area contributed by atoms with Crippen LogP contribution < -0.4 is 9.64 Å². The lowest BCUT2D eigenvalue weighted by Crippen LogP contribution is -2.28. The van der Waals surface area contributed by atoms with E-state index in [0.29, 0.717) is 17.0 Å². The molecule has 1 aliphatic rings. The van der Waals surface area contributed by atoms with Crippen molar-refractivity contribution in [3.05, 3.63) is 64.8 Å². The number of benzene rings is 2. The lowest BCUT2D eigenvalue weighted by Gasteiger charge is -2.15. The third kappa shape index (κ3) is 2.98. The molecule has 2 aromatic carbocycles. The van der Waals surface area contributed by atoms with Crippen molar-refractivity contribution in [2.24, 2.45) is 0 Å². The molecular formula is C17H12FNO3S. The number of imide groups is 1. The Morgan fingerprint density at radius 1 is 1.09 bits per heavy atom. The Balaban J connectivity index is 1.95. The molecule has 1 heterocycles. The van der Waals surface area contributed by atoms with E-state index in [2.05, 4.69) is 0 Å². The summed E-state index contributed by atoms with van der Waals surface area (Å²) in [5.41, 5.74) is 1.05. The van der Waals surface area contributed by atoms with Crippen LogP contribution in [0.2, 0.25) is 0 Å². The summed E-state index contributed by atoms with van der Waals surface area (Å²) in [6.45, 7) is 0. The van der Waals surface area contributed by atoms with E-state index in [-0.39, 0.29) is 10.7 Å². The van der Waals surface area contributed by atoms with Crippen LogP contribution in [0.25, 0.3) is 6.08 Å². The fourth-order valence-corrected chi connectivity index (χ4v) is 3.03. The minimum Gasteiger partial charge on any atom is -0.495 e. The summed E-state index contributed by atoms with van der Waals surface area (Å²) < 4.78 is 18.1. The lowest BCUT2D eigenvalue weighted by atomic mass is 10.2. The van der Waals surface area contributed by atoms with Crippen LogP contribution in [-0.2, 0) is 4.79 Å². The maximum Gasteiger partial charge on any atom is 0.298 e. The number of carbonyl (C=O) groups excluding carboxylic acids is 2. The first-order valence-electron chi connectivity index (χ1n) is 6.76. The van der Waals surface area contributed by atoms with Gasteiger partial charge in [-0.05, 0) is 47.7 Å². The Hall–Kier alpha value is -2.60. The van der Waals surface area contributed by atoms with E-state index in [0.717, 1.165) is 16.7 Å². The van der Waals surface area contributed by atoms with E-state index >= 15 is 0 Å². The number of hydrogen-bond acceptors (Lipinski definition) is 4. The van der Waals surface area contributed by atoms with Crippen molar-refractivity contribution >= 4 is 34.7 Å². The van der Waals surface area contributed by atoms with Gasteiger partial charge in [-0.15, -0.1) is 0 Å². The van der Waals surface area contributed by atoms with Crippen molar-refractivity contribution in [3.8, 4) is 5.75 Å². The zero-order valence-electron chi connectivity index (χ0n) is 12.2. The second-order valence-corrected chi connectivity index (χ2v) is 5.73. The Morgan fingerprint density at radius 3 is 2.48 bits per heavy atom. The van der Waals surface area contributed by atoms with Crippen molar-refractivity contribution < 1.29 is 18.7 Å². The molecule has 0 spiro atoms. The maximum atomic E-state index is 12.9. The maximum absolute atomic E-state index is 12.9. The highest BCUT2D eigenvalue weighted by molar-refractivity contribution is 8.19. The molecule has 0 atom stereocenters. The summed E-state index contributed by atoms with van der Waals surface area (Å²) in [6.07, 6.45) is 1.57. The topological polar surface area (TPSA) is 46.6 Å². The molecule has 0 aliphatic carbocycles. The molecule has 1 aliphatic heterocycles. The van der Waals surface area contributed by atoms with E-state index in [1.165, 1.54) is 19.2 Å². The van der Waals surface area contributed by atoms with Gasteiger partial charge in [-0.3, -0.25) is 9.59 Å². The second-order valence-electron chi connectivity index (χ2n) is 4.74. The lowest BCUT2D eigenvalue weighted by molar-refractivity contribution is -0.113. The zero-order chi connectivity index (χ0) is 16.4. The number of halogens is 1. The van der Waals surface area contributed by atoms with Gasteiger partial charge >= 0.3 is 0 Å². The number of anilines is 1. The number of nitrogens with zero attached hydrogens (tertiary/aromatic N) is 1. The third-order valence-electron chi connectivity index (χ3n) is 3.29. The van der Waals surface area contributed by atoms with Gasteiger partial charge in [-0.2, -0.15) is 0 Å². The molecule has 2 amide bonds. The number of para-hydroxylation sites is 2.